The van der Waals surface area contributed by atoms with E-state index >= 15 is 0 Å². The normalized spacial score (nSPS) is 16.6. The Bertz CT molecular complexity index is 4800. The van der Waals surface area contributed by atoms with Gasteiger partial charge in [0, 0.05) is 58.5 Å². The summed E-state index contributed by atoms with van der Waals surface area (Å²) in [6, 6.07) is 52.5. The first-order valence-electron chi connectivity index (χ1n) is 34.7. The molecule has 0 fully saturated rings. The van der Waals surface area contributed by atoms with Crippen LogP contribution in [0.25, 0.3) is 104 Å². The molecule has 8 bridgehead atoms. The van der Waals surface area contributed by atoms with Gasteiger partial charge in [0.15, 0.2) is 0 Å². The third-order valence-electron chi connectivity index (χ3n) is 21.1. The largest absolute Gasteiger partial charge is 0.376 e. The van der Waals surface area contributed by atoms with Gasteiger partial charge >= 0.3 is 0 Å². The van der Waals surface area contributed by atoms with Gasteiger partial charge in [0.25, 0.3) is 0 Å². The fraction of sp³-hybridized carbons (Fsp3) is 0.378. The molecule has 0 saturated heterocycles. The van der Waals surface area contributed by atoms with Crippen molar-refractivity contribution in [2.24, 2.45) is 0 Å². The van der Waals surface area contributed by atoms with Crippen molar-refractivity contribution in [3.63, 3.8) is 0 Å². The standard InChI is InChI=1S/C90H100N2S2/c1-83(2,3)57-29-50(30-58(44-57)84(4,5)6)53-37-67-68-38-55(52-33-61(87(13,14)15)46-62(34-52)88(16,17)18)42-73-76-43-49-25-26-65-66(56-35-63(89(19,20)21)47-64(36-56)90(22,23)24)48-70-69-39-54(51-31-59(85(7,8)9)45-60(32-51)86(10,11)12)41-72(79(69)92-81(70)77(65)82(49)94-76)75-28-27-74(93-75)71(40-53)78(67)91-80(68)73/h25-48,77,81,91-92H,1-24H3. The number of H-pyrrole nitrogens is 1. The van der Waals surface area contributed by atoms with E-state index in [9.17, 15) is 0 Å². The lowest BCUT2D eigenvalue weighted by Gasteiger charge is -2.35. The van der Waals surface area contributed by atoms with Crippen LogP contribution in [0.1, 0.15) is 238 Å². The van der Waals surface area contributed by atoms with Crippen LogP contribution in [0.15, 0.2) is 145 Å². The quantitative estimate of drug-likeness (QED) is 0.181. The molecule has 10 aromatic rings. The first-order valence-corrected chi connectivity index (χ1v) is 36.3. The Labute approximate surface area is 571 Å². The second-order valence-electron chi connectivity index (χ2n) is 36.7. The number of rotatable bonds is 4. The minimum Gasteiger partial charge on any atom is -0.376 e. The summed E-state index contributed by atoms with van der Waals surface area (Å²) in [5, 5.41) is 6.96. The molecular formula is C90H100N2S2. The molecule has 14 rings (SSSR count). The molecule has 94 heavy (non-hydrogen) atoms. The zero-order valence-corrected chi connectivity index (χ0v) is 62.5. The van der Waals surface area contributed by atoms with Crippen molar-refractivity contribution in [1.29, 1.82) is 0 Å². The Morgan fingerprint density at radius 2 is 0.660 bits per heavy atom. The smallest absolute Gasteiger partial charge is 0.0638 e. The summed E-state index contributed by atoms with van der Waals surface area (Å²) in [7, 11) is 0. The van der Waals surface area contributed by atoms with Gasteiger partial charge < -0.3 is 10.3 Å². The third kappa shape index (κ3) is 11.2. The van der Waals surface area contributed by atoms with Crippen LogP contribution in [0.2, 0.25) is 0 Å². The Morgan fingerprint density at radius 1 is 0.319 bits per heavy atom. The topological polar surface area (TPSA) is 27.8 Å². The van der Waals surface area contributed by atoms with E-state index in [0.29, 0.717) is 0 Å². The Morgan fingerprint density at radius 3 is 1.06 bits per heavy atom. The summed E-state index contributed by atoms with van der Waals surface area (Å²) >= 11 is 3.95. The number of thiophene rings is 2. The van der Waals surface area contributed by atoms with E-state index in [1.54, 1.807) is 0 Å². The van der Waals surface area contributed by atoms with Crippen molar-refractivity contribution >= 4 is 67.4 Å². The molecule has 2 aliphatic carbocycles. The zero-order valence-electron chi connectivity index (χ0n) is 60.8. The van der Waals surface area contributed by atoms with Gasteiger partial charge in [-0.15, -0.1) is 22.7 Å². The fourth-order valence-electron chi connectivity index (χ4n) is 14.7. The highest BCUT2D eigenvalue weighted by Crippen LogP contribution is 2.59. The molecule has 4 heteroatoms. The van der Waals surface area contributed by atoms with E-state index in [4.69, 9.17) is 0 Å². The van der Waals surface area contributed by atoms with Gasteiger partial charge in [0.1, 0.15) is 0 Å². The summed E-state index contributed by atoms with van der Waals surface area (Å²) in [6.45, 7) is 56.8. The average molecular weight is 1270 g/mol. The summed E-state index contributed by atoms with van der Waals surface area (Å²) in [5.74, 6) is 0.0348. The van der Waals surface area contributed by atoms with Crippen LogP contribution >= 0.6 is 22.7 Å². The molecule has 0 saturated carbocycles. The first kappa shape index (κ1) is 64.1. The van der Waals surface area contributed by atoms with E-state index in [1.165, 1.54) is 175 Å². The molecule has 3 aromatic heterocycles. The Kier molecular flexibility index (Phi) is 14.4. The van der Waals surface area contributed by atoms with E-state index in [-0.39, 0.29) is 55.3 Å². The monoisotopic (exact) mass is 1270 g/mol. The minimum absolute atomic E-state index is 0.0126. The average Bonchev–Trinajstić information content (AvgIpc) is 1.52. The molecule has 2 aliphatic heterocycles. The predicted molar refractivity (Wildman–Crippen MR) is 414 cm³/mol. The molecule has 2 unspecified atom stereocenters. The van der Waals surface area contributed by atoms with Crippen molar-refractivity contribution in [3.8, 4) is 64.7 Å². The van der Waals surface area contributed by atoms with Crippen LogP contribution in [0, 0.1) is 0 Å². The lowest BCUT2D eigenvalue weighted by Crippen LogP contribution is -2.29. The van der Waals surface area contributed by atoms with Crippen molar-refractivity contribution in [1.82, 2.24) is 4.98 Å². The molecule has 2 nitrogen and oxygen atoms in total. The zero-order chi connectivity index (χ0) is 67.4. The van der Waals surface area contributed by atoms with Crippen molar-refractivity contribution in [2.45, 2.75) is 221 Å². The molecule has 482 valence electrons. The molecule has 4 aliphatic rings. The van der Waals surface area contributed by atoms with E-state index in [2.05, 4.69) is 322 Å². The van der Waals surface area contributed by atoms with Crippen LogP contribution < -0.4 is 5.32 Å². The van der Waals surface area contributed by atoms with Gasteiger partial charge in [-0.3, -0.25) is 0 Å². The van der Waals surface area contributed by atoms with E-state index in [0.717, 1.165) is 0 Å². The molecule has 7 aromatic carbocycles. The molecule has 0 spiro atoms. The van der Waals surface area contributed by atoms with Crippen LogP contribution in [-0.2, 0) is 43.3 Å². The van der Waals surface area contributed by atoms with Gasteiger partial charge in [0.2, 0.25) is 0 Å². The highest BCUT2D eigenvalue weighted by molar-refractivity contribution is 7.19. The Hall–Kier alpha value is -7.24. The molecule has 0 amide bonds. The number of aromatic nitrogens is 1. The SMILES string of the molecule is CC(C)(C)c1cc(C2=C3C=Cc4cc5sc4C3C3Nc4c(cc(-c6cc(C(C)(C)C)cc(C(C)(C)C)c6)cc4-c4ccc(s4)-c4cc(-c6cc(C(C)(C)C)cc(C(C)(C)C)c6)cc6c4[nH]c4c-5cc(-c5cc(C(C)(C)C)cc(C(C)(C)C)c5)cc46)C3=C2)cc(C(C)(C)C)c1. The molecule has 0 radical (unpaired) electrons. The maximum absolute atomic E-state index is 4.46. The van der Waals surface area contributed by atoms with Crippen LogP contribution in [0.3, 0.4) is 0 Å². The summed E-state index contributed by atoms with van der Waals surface area (Å²) in [5.41, 5.74) is 33.3. The van der Waals surface area contributed by atoms with Crippen molar-refractivity contribution in [2.75, 3.05) is 5.32 Å². The number of fused-ring (bicyclic) bond motifs is 8. The van der Waals surface area contributed by atoms with Crippen LogP contribution in [0.4, 0.5) is 5.69 Å². The summed E-state index contributed by atoms with van der Waals surface area (Å²) < 4.78 is 0. The molecular weight excluding hydrogens is 1170 g/mol. The van der Waals surface area contributed by atoms with Gasteiger partial charge in [-0.1, -0.05) is 251 Å². The number of aromatic amines is 1. The van der Waals surface area contributed by atoms with Gasteiger partial charge in [-0.25, -0.2) is 0 Å². The summed E-state index contributed by atoms with van der Waals surface area (Å²) in [4.78, 5) is 9.52. The minimum atomic E-state index is -0.0505. The first-order chi connectivity index (χ1) is 43.5. The number of benzene rings is 7. The Balaban J connectivity index is 1.13. The summed E-state index contributed by atoms with van der Waals surface area (Å²) in [6.07, 6.45) is 7.58. The number of hydrogen-bond donors (Lipinski definition) is 2. The second kappa shape index (κ2) is 21.1. The second-order valence-corrected chi connectivity index (χ2v) is 38.8. The number of nitrogens with one attached hydrogen (secondary N) is 2. The number of anilines is 1. The van der Waals surface area contributed by atoms with Crippen molar-refractivity contribution in [3.05, 3.63) is 211 Å². The molecule has 2 atom stereocenters. The fourth-order valence-corrected chi connectivity index (χ4v) is 17.1. The van der Waals surface area contributed by atoms with Crippen LogP contribution in [-0.4, -0.2) is 11.0 Å². The van der Waals surface area contributed by atoms with Crippen molar-refractivity contribution < 1.29 is 0 Å². The molecule has 2 N–H and O–H groups in total. The highest BCUT2D eigenvalue weighted by Gasteiger charge is 2.44. The van der Waals surface area contributed by atoms with Gasteiger partial charge in [0.05, 0.1) is 22.8 Å². The maximum atomic E-state index is 4.46. The van der Waals surface area contributed by atoms with Gasteiger partial charge in [-0.05, 0) is 210 Å². The van der Waals surface area contributed by atoms with E-state index in [1.807, 2.05) is 22.7 Å². The number of allylic oxidation sites excluding steroid dienone is 3. The predicted octanol–water partition coefficient (Wildman–Crippen LogP) is 26.6. The van der Waals surface area contributed by atoms with Gasteiger partial charge in [-0.2, -0.15) is 0 Å². The lowest BCUT2D eigenvalue weighted by atomic mass is 9.72. The highest BCUT2D eigenvalue weighted by atomic mass is 32.1. The lowest BCUT2D eigenvalue weighted by molar-refractivity contribution is 0.568. The van der Waals surface area contributed by atoms with E-state index < -0.39 is 0 Å². The maximum Gasteiger partial charge on any atom is 0.0638 e. The third-order valence-corrected chi connectivity index (χ3v) is 23.5. The number of hydrogen-bond acceptors (Lipinski definition) is 3. The molecule has 5 heterocycles. The van der Waals surface area contributed by atoms with Crippen LogP contribution in [0.5, 0.6) is 0 Å².